The van der Waals surface area contributed by atoms with E-state index in [0.29, 0.717) is 16.6 Å². The molecule has 0 aromatic heterocycles. The molecule has 3 fully saturated rings. The second-order valence-electron chi connectivity index (χ2n) is 9.29. The fraction of sp³-hybridized carbons (Fsp3) is 0.857. The van der Waals surface area contributed by atoms with Gasteiger partial charge in [-0.25, -0.2) is 0 Å². The first-order valence-corrected chi connectivity index (χ1v) is 9.68. The van der Waals surface area contributed by atoms with E-state index < -0.39 is 0 Å². The largest absolute Gasteiger partial charge is 0.299 e. The maximum Gasteiger partial charge on any atom is 0.136 e. The van der Waals surface area contributed by atoms with Crippen molar-refractivity contribution in [1.29, 1.82) is 0 Å². The van der Waals surface area contributed by atoms with Crippen molar-refractivity contribution in [1.82, 2.24) is 0 Å². The maximum absolute atomic E-state index is 11.9. The first-order valence-electron chi connectivity index (χ1n) is 9.68. The number of carbonyl (C=O) groups excluding carboxylic acids is 1. The van der Waals surface area contributed by atoms with Crippen LogP contribution < -0.4 is 0 Å². The summed E-state index contributed by atoms with van der Waals surface area (Å²) < 4.78 is 0. The van der Waals surface area contributed by atoms with Gasteiger partial charge in [0.1, 0.15) is 5.78 Å². The van der Waals surface area contributed by atoms with Crippen molar-refractivity contribution in [3.8, 4) is 0 Å². The molecule has 0 unspecified atom stereocenters. The second-order valence-corrected chi connectivity index (χ2v) is 9.29. The number of ketones is 1. The van der Waals surface area contributed by atoms with E-state index >= 15 is 0 Å². The molecule has 0 heterocycles. The Morgan fingerprint density at radius 1 is 1.14 bits per heavy atom. The second kappa shape index (κ2) is 4.95. The molecule has 1 nitrogen and oxygen atoms in total. The van der Waals surface area contributed by atoms with Gasteiger partial charge in [-0.3, -0.25) is 4.79 Å². The molecular weight excluding hydrogens is 268 g/mol. The van der Waals surface area contributed by atoms with E-state index in [1.54, 1.807) is 0 Å². The summed E-state index contributed by atoms with van der Waals surface area (Å²) in [6.45, 7) is 7.45. The summed E-state index contributed by atoms with van der Waals surface area (Å²) in [4.78, 5) is 11.9. The topological polar surface area (TPSA) is 17.1 Å². The summed E-state index contributed by atoms with van der Waals surface area (Å²) in [6.07, 6.45) is 13.8. The van der Waals surface area contributed by atoms with Crippen molar-refractivity contribution in [2.45, 2.75) is 78.6 Å². The van der Waals surface area contributed by atoms with Gasteiger partial charge in [-0.1, -0.05) is 38.8 Å². The highest BCUT2D eigenvalue weighted by Crippen LogP contribution is 2.66. The molecule has 0 spiro atoms. The van der Waals surface area contributed by atoms with E-state index in [1.807, 2.05) is 0 Å². The van der Waals surface area contributed by atoms with Crippen molar-refractivity contribution in [2.75, 3.05) is 0 Å². The smallest absolute Gasteiger partial charge is 0.136 e. The number of carbonyl (C=O) groups is 1. The fourth-order valence-electron chi connectivity index (χ4n) is 7.19. The van der Waals surface area contributed by atoms with E-state index in [1.165, 1.54) is 44.1 Å². The van der Waals surface area contributed by atoms with Crippen LogP contribution in [0.3, 0.4) is 0 Å². The maximum atomic E-state index is 11.9. The third-order valence-corrected chi connectivity index (χ3v) is 8.50. The molecule has 0 bridgehead atoms. The third-order valence-electron chi connectivity index (χ3n) is 8.50. The van der Waals surface area contributed by atoms with Crippen molar-refractivity contribution in [3.63, 3.8) is 0 Å². The van der Waals surface area contributed by atoms with Crippen LogP contribution in [-0.2, 0) is 4.79 Å². The van der Waals surface area contributed by atoms with Crippen molar-refractivity contribution < 1.29 is 4.79 Å². The van der Waals surface area contributed by atoms with Gasteiger partial charge in [-0.2, -0.15) is 0 Å². The molecule has 1 heteroatoms. The quantitative estimate of drug-likeness (QED) is 0.581. The highest BCUT2D eigenvalue weighted by molar-refractivity contribution is 5.82. The summed E-state index contributed by atoms with van der Waals surface area (Å²) in [5, 5.41) is 0. The Bertz CT molecular complexity index is 516. The summed E-state index contributed by atoms with van der Waals surface area (Å²) in [6, 6.07) is 0. The molecular formula is C21H32O. The number of Topliss-reactive ketones (excluding diaryl/α,β-unsaturated/α-hetero) is 1. The minimum Gasteiger partial charge on any atom is -0.299 e. The van der Waals surface area contributed by atoms with Gasteiger partial charge >= 0.3 is 0 Å². The first kappa shape index (κ1) is 15.0. The third kappa shape index (κ3) is 1.86. The van der Waals surface area contributed by atoms with Crippen LogP contribution in [-0.4, -0.2) is 5.78 Å². The van der Waals surface area contributed by atoms with E-state index in [2.05, 4.69) is 26.8 Å². The molecule has 0 radical (unpaired) electrons. The zero-order valence-electron chi connectivity index (χ0n) is 14.7. The Morgan fingerprint density at radius 3 is 2.73 bits per heavy atom. The Labute approximate surface area is 135 Å². The average Bonchev–Trinajstić information content (AvgIpc) is 2.93. The molecule has 22 heavy (non-hydrogen) atoms. The number of fused-ring (bicyclic) bond motifs is 5. The van der Waals surface area contributed by atoms with Crippen LogP contribution in [0.25, 0.3) is 0 Å². The Balaban J connectivity index is 1.69. The molecule has 0 aromatic carbocycles. The Morgan fingerprint density at radius 2 is 1.95 bits per heavy atom. The zero-order valence-corrected chi connectivity index (χ0v) is 14.7. The summed E-state index contributed by atoms with van der Waals surface area (Å²) in [7, 11) is 0. The van der Waals surface area contributed by atoms with E-state index in [0.717, 1.165) is 42.9 Å². The molecule has 3 saturated carbocycles. The molecule has 0 aliphatic heterocycles. The fourth-order valence-corrected chi connectivity index (χ4v) is 7.19. The van der Waals surface area contributed by atoms with Crippen LogP contribution in [0.2, 0.25) is 0 Å². The molecule has 5 atom stereocenters. The first-order chi connectivity index (χ1) is 10.5. The van der Waals surface area contributed by atoms with Gasteiger partial charge in [0, 0.05) is 12.8 Å². The minimum atomic E-state index is 0.350. The Kier molecular flexibility index (Phi) is 3.37. The molecule has 0 N–H and O–H groups in total. The molecule has 0 aromatic rings. The lowest BCUT2D eigenvalue weighted by Crippen LogP contribution is -2.50. The predicted octanol–water partition coefficient (Wildman–Crippen LogP) is 5.54. The summed E-state index contributed by atoms with van der Waals surface area (Å²) >= 11 is 0. The monoisotopic (exact) mass is 300 g/mol. The number of hydrogen-bond donors (Lipinski definition) is 0. The number of rotatable bonds is 1. The molecule has 4 aliphatic carbocycles. The van der Waals surface area contributed by atoms with Crippen molar-refractivity contribution in [3.05, 3.63) is 11.6 Å². The number of allylic oxidation sites excluding steroid dienone is 2. The van der Waals surface area contributed by atoms with Gasteiger partial charge in [0.05, 0.1) is 0 Å². The molecule has 122 valence electrons. The van der Waals surface area contributed by atoms with E-state index in [4.69, 9.17) is 0 Å². The van der Waals surface area contributed by atoms with Crippen molar-refractivity contribution >= 4 is 5.78 Å². The van der Waals surface area contributed by atoms with E-state index in [-0.39, 0.29) is 0 Å². The van der Waals surface area contributed by atoms with Crippen LogP contribution in [0.15, 0.2) is 11.6 Å². The van der Waals surface area contributed by atoms with E-state index in [9.17, 15) is 4.79 Å². The predicted molar refractivity (Wildman–Crippen MR) is 90.5 cm³/mol. The highest BCUT2D eigenvalue weighted by Gasteiger charge is 2.57. The standard InChI is InChI=1S/C21H32O/c1-14(2)21-10-4-5-19(21)17-7-6-15-13-16(22)8-11-20(15,3)18(17)9-12-21/h6,14,17-19H,4-5,7-13H2,1-3H3/t17-,18+,19+,20+,21+/m1/s1. The van der Waals surface area contributed by atoms with Gasteiger partial charge in [0.25, 0.3) is 0 Å². The van der Waals surface area contributed by atoms with Gasteiger partial charge in [-0.05, 0) is 73.0 Å². The summed E-state index contributed by atoms with van der Waals surface area (Å²) in [5.74, 6) is 4.04. The van der Waals surface area contributed by atoms with Crippen LogP contribution in [0, 0.1) is 34.5 Å². The van der Waals surface area contributed by atoms with Gasteiger partial charge < -0.3 is 0 Å². The van der Waals surface area contributed by atoms with Gasteiger partial charge in [-0.15, -0.1) is 0 Å². The lowest BCUT2D eigenvalue weighted by molar-refractivity contribution is -0.122. The normalized spacial score (nSPS) is 47.7. The lowest BCUT2D eigenvalue weighted by atomic mass is 9.46. The van der Waals surface area contributed by atoms with Crippen LogP contribution in [0.4, 0.5) is 0 Å². The number of hydrogen-bond acceptors (Lipinski definition) is 1. The van der Waals surface area contributed by atoms with Gasteiger partial charge in [0.2, 0.25) is 0 Å². The zero-order chi connectivity index (χ0) is 15.5. The van der Waals surface area contributed by atoms with Crippen LogP contribution in [0.5, 0.6) is 0 Å². The average molecular weight is 300 g/mol. The lowest BCUT2D eigenvalue weighted by Gasteiger charge is -2.58. The van der Waals surface area contributed by atoms with Crippen LogP contribution >= 0.6 is 0 Å². The molecule has 0 amide bonds. The van der Waals surface area contributed by atoms with Gasteiger partial charge in [0.15, 0.2) is 0 Å². The molecule has 4 rings (SSSR count). The highest BCUT2D eigenvalue weighted by atomic mass is 16.1. The molecule has 0 saturated heterocycles. The molecule has 4 aliphatic rings. The summed E-state index contributed by atoms with van der Waals surface area (Å²) in [5.41, 5.74) is 2.51. The minimum absolute atomic E-state index is 0.350. The van der Waals surface area contributed by atoms with Crippen LogP contribution in [0.1, 0.15) is 78.6 Å². The SMILES string of the molecule is CC(C)[C@@]12CCC[C@H]1[C@@H]1CC=C3CC(=O)CC[C@]3(C)[C@H]1CC2. The van der Waals surface area contributed by atoms with Crippen molar-refractivity contribution in [2.24, 2.45) is 34.5 Å². The Hall–Kier alpha value is -0.590.